The van der Waals surface area contributed by atoms with Gasteiger partial charge in [-0.1, -0.05) is 35.6 Å². The SMILES string of the molecule is CN(C)c1ccc(-c2cnc3nc(-c4ccc(C#N)cc4)sc3n2)cc1. The van der Waals surface area contributed by atoms with E-state index in [1.807, 2.05) is 38.4 Å². The normalized spacial score (nSPS) is 10.7. The smallest absolute Gasteiger partial charge is 0.190 e. The number of thiazole rings is 1. The monoisotopic (exact) mass is 357 g/mol. The number of rotatable bonds is 3. The summed E-state index contributed by atoms with van der Waals surface area (Å²) in [6, 6.07) is 17.7. The Morgan fingerprint density at radius 1 is 0.923 bits per heavy atom. The summed E-state index contributed by atoms with van der Waals surface area (Å²) in [6.45, 7) is 0. The molecule has 0 fully saturated rings. The van der Waals surface area contributed by atoms with E-state index in [4.69, 9.17) is 10.2 Å². The molecule has 0 unspecified atom stereocenters. The fourth-order valence-electron chi connectivity index (χ4n) is 2.60. The summed E-state index contributed by atoms with van der Waals surface area (Å²) in [4.78, 5) is 16.6. The van der Waals surface area contributed by atoms with Crippen molar-refractivity contribution in [1.29, 1.82) is 5.26 Å². The highest BCUT2D eigenvalue weighted by Gasteiger charge is 2.10. The van der Waals surface area contributed by atoms with Gasteiger partial charge in [0.15, 0.2) is 10.5 Å². The summed E-state index contributed by atoms with van der Waals surface area (Å²) in [5, 5.41) is 9.77. The van der Waals surface area contributed by atoms with E-state index >= 15 is 0 Å². The lowest BCUT2D eigenvalue weighted by atomic mass is 10.1. The Morgan fingerprint density at radius 3 is 2.27 bits per heavy atom. The molecule has 0 amide bonds. The summed E-state index contributed by atoms with van der Waals surface area (Å²) >= 11 is 1.50. The summed E-state index contributed by atoms with van der Waals surface area (Å²) in [6.07, 6.45) is 1.76. The van der Waals surface area contributed by atoms with Gasteiger partial charge in [-0.3, -0.25) is 0 Å². The third kappa shape index (κ3) is 3.01. The van der Waals surface area contributed by atoms with E-state index in [0.29, 0.717) is 11.2 Å². The minimum absolute atomic E-state index is 0.634. The third-order valence-corrected chi connectivity index (χ3v) is 5.05. The number of fused-ring (bicyclic) bond motifs is 1. The molecule has 0 bridgehead atoms. The van der Waals surface area contributed by atoms with Crippen molar-refractivity contribution in [3.05, 3.63) is 60.3 Å². The second-order valence-electron chi connectivity index (χ2n) is 6.03. The molecule has 0 saturated heterocycles. The van der Waals surface area contributed by atoms with Gasteiger partial charge in [0.2, 0.25) is 0 Å². The molecule has 0 aliphatic carbocycles. The molecular formula is C20H15N5S. The second-order valence-corrected chi connectivity index (χ2v) is 7.01. The van der Waals surface area contributed by atoms with E-state index in [-0.39, 0.29) is 0 Å². The molecule has 0 aliphatic heterocycles. The van der Waals surface area contributed by atoms with Crippen molar-refractivity contribution in [2.24, 2.45) is 0 Å². The highest BCUT2D eigenvalue weighted by Crippen LogP contribution is 2.30. The lowest BCUT2D eigenvalue weighted by molar-refractivity contribution is 1.13. The van der Waals surface area contributed by atoms with Crippen LogP contribution in [-0.4, -0.2) is 29.0 Å². The van der Waals surface area contributed by atoms with E-state index in [1.165, 1.54) is 11.3 Å². The Balaban J connectivity index is 1.70. The first kappa shape index (κ1) is 16.2. The first-order valence-electron chi connectivity index (χ1n) is 8.06. The Hall–Kier alpha value is -3.30. The van der Waals surface area contributed by atoms with Gasteiger partial charge in [0.25, 0.3) is 0 Å². The highest BCUT2D eigenvalue weighted by atomic mass is 32.1. The lowest BCUT2D eigenvalue weighted by Crippen LogP contribution is -2.07. The van der Waals surface area contributed by atoms with E-state index in [1.54, 1.807) is 18.3 Å². The Bertz CT molecular complexity index is 1110. The van der Waals surface area contributed by atoms with Crippen molar-refractivity contribution in [2.45, 2.75) is 0 Å². The maximum atomic E-state index is 8.91. The van der Waals surface area contributed by atoms with Gasteiger partial charge in [-0.2, -0.15) is 5.26 Å². The molecule has 0 spiro atoms. The van der Waals surface area contributed by atoms with Crippen molar-refractivity contribution >= 4 is 27.5 Å². The maximum absolute atomic E-state index is 8.91. The summed E-state index contributed by atoms with van der Waals surface area (Å²) in [5.41, 5.74) is 5.24. The molecule has 2 aromatic heterocycles. The summed E-state index contributed by atoms with van der Waals surface area (Å²) in [7, 11) is 4.03. The molecule has 2 aromatic carbocycles. The molecule has 6 heteroatoms. The van der Waals surface area contributed by atoms with Crippen molar-refractivity contribution in [1.82, 2.24) is 15.0 Å². The van der Waals surface area contributed by atoms with Crippen LogP contribution in [0.2, 0.25) is 0 Å². The van der Waals surface area contributed by atoms with Gasteiger partial charge < -0.3 is 4.90 Å². The fourth-order valence-corrected chi connectivity index (χ4v) is 3.50. The molecule has 2 heterocycles. The van der Waals surface area contributed by atoms with Crippen LogP contribution in [0.15, 0.2) is 54.7 Å². The first-order chi connectivity index (χ1) is 12.6. The predicted octanol–water partition coefficient (Wildman–Crippen LogP) is 4.36. The number of nitriles is 1. The van der Waals surface area contributed by atoms with Gasteiger partial charge in [0, 0.05) is 30.9 Å². The summed E-state index contributed by atoms with van der Waals surface area (Å²) < 4.78 is 0. The third-order valence-electron chi connectivity index (χ3n) is 4.06. The maximum Gasteiger partial charge on any atom is 0.190 e. The predicted molar refractivity (Wildman–Crippen MR) is 105 cm³/mol. The lowest BCUT2D eigenvalue weighted by Gasteiger charge is -2.12. The van der Waals surface area contributed by atoms with Crippen LogP contribution in [0, 0.1) is 11.3 Å². The largest absolute Gasteiger partial charge is 0.378 e. The van der Waals surface area contributed by atoms with E-state index < -0.39 is 0 Å². The van der Waals surface area contributed by atoms with Crippen molar-refractivity contribution in [2.75, 3.05) is 19.0 Å². The van der Waals surface area contributed by atoms with Crippen LogP contribution >= 0.6 is 11.3 Å². The van der Waals surface area contributed by atoms with Crippen LogP contribution in [0.4, 0.5) is 5.69 Å². The van der Waals surface area contributed by atoms with Gasteiger partial charge in [0.1, 0.15) is 5.01 Å². The van der Waals surface area contributed by atoms with Crippen LogP contribution in [0.25, 0.3) is 32.3 Å². The Kier molecular flexibility index (Phi) is 4.07. The van der Waals surface area contributed by atoms with E-state index in [0.717, 1.165) is 32.3 Å². The van der Waals surface area contributed by atoms with Gasteiger partial charge in [-0.15, -0.1) is 0 Å². The molecule has 0 aliphatic rings. The number of nitrogens with zero attached hydrogens (tertiary/aromatic N) is 5. The molecule has 0 saturated carbocycles. The minimum Gasteiger partial charge on any atom is -0.378 e. The molecule has 4 aromatic rings. The van der Waals surface area contributed by atoms with Gasteiger partial charge in [0.05, 0.1) is 23.5 Å². The van der Waals surface area contributed by atoms with Gasteiger partial charge in [-0.05, 0) is 24.3 Å². The molecule has 0 atom stereocenters. The number of hydrogen-bond donors (Lipinski definition) is 0. The van der Waals surface area contributed by atoms with Crippen molar-refractivity contribution in [3.63, 3.8) is 0 Å². The minimum atomic E-state index is 0.634. The van der Waals surface area contributed by atoms with Gasteiger partial charge in [-0.25, -0.2) is 15.0 Å². The van der Waals surface area contributed by atoms with E-state index in [9.17, 15) is 0 Å². The van der Waals surface area contributed by atoms with Crippen molar-refractivity contribution in [3.8, 4) is 27.9 Å². The average Bonchev–Trinajstić information content (AvgIpc) is 3.11. The van der Waals surface area contributed by atoms with Gasteiger partial charge >= 0.3 is 0 Å². The van der Waals surface area contributed by atoms with Crippen LogP contribution in [0.1, 0.15) is 5.56 Å². The zero-order valence-electron chi connectivity index (χ0n) is 14.3. The summed E-state index contributed by atoms with van der Waals surface area (Å²) in [5.74, 6) is 0. The Morgan fingerprint density at radius 2 is 1.62 bits per heavy atom. The molecule has 5 nitrogen and oxygen atoms in total. The Labute approximate surface area is 155 Å². The molecule has 0 N–H and O–H groups in total. The topological polar surface area (TPSA) is 65.7 Å². The van der Waals surface area contributed by atoms with Crippen LogP contribution in [-0.2, 0) is 0 Å². The van der Waals surface area contributed by atoms with Crippen LogP contribution < -0.4 is 4.90 Å². The second kappa shape index (κ2) is 6.54. The first-order valence-corrected chi connectivity index (χ1v) is 8.87. The average molecular weight is 357 g/mol. The molecule has 26 heavy (non-hydrogen) atoms. The van der Waals surface area contributed by atoms with E-state index in [2.05, 4.69) is 33.1 Å². The molecular weight excluding hydrogens is 342 g/mol. The number of aromatic nitrogens is 3. The standard InChI is InChI=1S/C20H15N5S/c1-25(2)16-9-7-14(8-10-16)17-12-22-18-20(23-17)26-19(24-18)15-5-3-13(11-21)4-6-15/h3-10,12H,1-2H3. The molecule has 126 valence electrons. The van der Waals surface area contributed by atoms with Crippen LogP contribution in [0.3, 0.4) is 0 Å². The fraction of sp³-hybridized carbons (Fsp3) is 0.100. The van der Waals surface area contributed by atoms with Crippen molar-refractivity contribution < 1.29 is 0 Å². The van der Waals surface area contributed by atoms with Crippen LogP contribution in [0.5, 0.6) is 0 Å². The highest BCUT2D eigenvalue weighted by molar-refractivity contribution is 7.21. The number of anilines is 1. The molecule has 4 rings (SSSR count). The number of benzene rings is 2. The zero-order chi connectivity index (χ0) is 18.1. The quantitative estimate of drug-likeness (QED) is 0.545. The zero-order valence-corrected chi connectivity index (χ0v) is 15.2. The molecule has 0 radical (unpaired) electrons. The number of hydrogen-bond acceptors (Lipinski definition) is 6.